The molecule has 0 atom stereocenters. The number of hydrogen-bond acceptors (Lipinski definition) is 4. The zero-order valence-electron chi connectivity index (χ0n) is 8.18. The highest BCUT2D eigenvalue weighted by Crippen LogP contribution is 2.10. The number of nitrogens with two attached hydrogens (primary N) is 1. The van der Waals surface area contributed by atoms with Gasteiger partial charge in [-0.2, -0.15) is 5.10 Å². The van der Waals surface area contributed by atoms with E-state index in [2.05, 4.69) is 15.1 Å². The molecule has 6 nitrogen and oxygen atoms in total. The third-order valence-electron chi connectivity index (χ3n) is 1.94. The zero-order chi connectivity index (χ0) is 10.8. The Kier molecular flexibility index (Phi) is 2.17. The van der Waals surface area contributed by atoms with Crippen LogP contribution < -0.4 is 5.73 Å². The van der Waals surface area contributed by atoms with Crippen LogP contribution in [0, 0.1) is 12.3 Å². The highest BCUT2D eigenvalue weighted by atomic mass is 15.3. The van der Waals surface area contributed by atoms with Crippen LogP contribution >= 0.6 is 0 Å². The summed E-state index contributed by atoms with van der Waals surface area (Å²) in [5.74, 6) is 0.494. The second-order valence-electron chi connectivity index (χ2n) is 3.08. The molecular weight excluding hydrogens is 192 g/mol. The van der Waals surface area contributed by atoms with Gasteiger partial charge >= 0.3 is 0 Å². The summed E-state index contributed by atoms with van der Waals surface area (Å²) in [7, 11) is 0. The summed E-state index contributed by atoms with van der Waals surface area (Å²) in [5, 5.41) is 11.4. The van der Waals surface area contributed by atoms with Crippen molar-refractivity contribution in [3.63, 3.8) is 0 Å². The summed E-state index contributed by atoms with van der Waals surface area (Å²) in [6.07, 6.45) is 2.93. The maximum atomic E-state index is 7.43. The van der Waals surface area contributed by atoms with Crippen LogP contribution in [0.5, 0.6) is 0 Å². The van der Waals surface area contributed by atoms with E-state index in [0.717, 1.165) is 5.69 Å². The first kappa shape index (κ1) is 9.32. The van der Waals surface area contributed by atoms with Gasteiger partial charge in [0.1, 0.15) is 18.5 Å². The molecule has 0 unspecified atom stereocenters. The SMILES string of the molecule is Cc1ccc(C(=N)N)c(-n2cncn2)n1. The van der Waals surface area contributed by atoms with Crippen molar-refractivity contribution < 1.29 is 0 Å². The Hall–Kier alpha value is -2.24. The Morgan fingerprint density at radius 2 is 2.27 bits per heavy atom. The van der Waals surface area contributed by atoms with Gasteiger partial charge in [0, 0.05) is 5.69 Å². The normalized spacial score (nSPS) is 10.2. The number of aromatic nitrogens is 4. The van der Waals surface area contributed by atoms with E-state index in [-0.39, 0.29) is 5.84 Å². The Bertz CT molecular complexity index is 487. The molecule has 0 saturated heterocycles. The van der Waals surface area contributed by atoms with E-state index in [1.165, 1.54) is 17.3 Å². The van der Waals surface area contributed by atoms with E-state index in [1.807, 2.05) is 6.92 Å². The molecule has 2 aromatic heterocycles. The average molecular weight is 202 g/mol. The largest absolute Gasteiger partial charge is 0.384 e. The minimum Gasteiger partial charge on any atom is -0.384 e. The molecule has 76 valence electrons. The van der Waals surface area contributed by atoms with Crippen molar-refractivity contribution in [1.29, 1.82) is 5.41 Å². The van der Waals surface area contributed by atoms with Gasteiger partial charge in [0.25, 0.3) is 0 Å². The first-order valence-electron chi connectivity index (χ1n) is 4.35. The number of aryl methyl sites for hydroxylation is 1. The van der Waals surface area contributed by atoms with E-state index < -0.39 is 0 Å². The predicted molar refractivity (Wildman–Crippen MR) is 54.9 cm³/mol. The predicted octanol–water partition coefficient (Wildman–Crippen LogP) is 0.255. The molecule has 0 saturated carbocycles. The first-order chi connectivity index (χ1) is 7.18. The molecular formula is C9H10N6. The van der Waals surface area contributed by atoms with Gasteiger partial charge in [0.05, 0.1) is 5.56 Å². The maximum Gasteiger partial charge on any atom is 0.166 e. The molecule has 0 aliphatic rings. The van der Waals surface area contributed by atoms with Crippen LogP contribution in [0.15, 0.2) is 24.8 Å². The third kappa shape index (κ3) is 1.69. The van der Waals surface area contributed by atoms with Crippen LogP contribution in [0.3, 0.4) is 0 Å². The van der Waals surface area contributed by atoms with Crippen LogP contribution in [0.4, 0.5) is 0 Å². The number of nitrogens with one attached hydrogen (secondary N) is 1. The molecule has 0 spiro atoms. The Morgan fingerprint density at radius 1 is 1.47 bits per heavy atom. The fourth-order valence-electron chi connectivity index (χ4n) is 1.25. The van der Waals surface area contributed by atoms with E-state index in [0.29, 0.717) is 11.4 Å². The lowest BCUT2D eigenvalue weighted by Crippen LogP contribution is -2.16. The van der Waals surface area contributed by atoms with E-state index >= 15 is 0 Å². The third-order valence-corrected chi connectivity index (χ3v) is 1.94. The van der Waals surface area contributed by atoms with Gasteiger partial charge in [-0.15, -0.1) is 0 Å². The highest BCUT2D eigenvalue weighted by molar-refractivity contribution is 5.97. The molecule has 2 heterocycles. The van der Waals surface area contributed by atoms with Crippen LogP contribution in [0.1, 0.15) is 11.3 Å². The molecule has 0 aromatic carbocycles. The molecule has 2 rings (SSSR count). The van der Waals surface area contributed by atoms with Crippen molar-refractivity contribution in [3.8, 4) is 5.82 Å². The summed E-state index contributed by atoms with van der Waals surface area (Å²) >= 11 is 0. The molecule has 2 aromatic rings. The summed E-state index contributed by atoms with van der Waals surface area (Å²) in [6, 6.07) is 3.55. The van der Waals surface area contributed by atoms with Gasteiger partial charge in [0.2, 0.25) is 0 Å². The highest BCUT2D eigenvalue weighted by Gasteiger charge is 2.09. The minimum absolute atomic E-state index is 0.0343. The zero-order valence-corrected chi connectivity index (χ0v) is 8.18. The molecule has 0 aliphatic carbocycles. The number of amidine groups is 1. The van der Waals surface area contributed by atoms with Crippen LogP contribution in [-0.2, 0) is 0 Å². The molecule has 0 fully saturated rings. The van der Waals surface area contributed by atoms with Gasteiger partial charge in [-0.05, 0) is 19.1 Å². The van der Waals surface area contributed by atoms with Gasteiger partial charge < -0.3 is 5.73 Å². The number of hydrogen-bond donors (Lipinski definition) is 2. The monoisotopic (exact) mass is 202 g/mol. The van der Waals surface area contributed by atoms with Gasteiger partial charge in [-0.1, -0.05) is 0 Å². The summed E-state index contributed by atoms with van der Waals surface area (Å²) in [4.78, 5) is 8.11. The second-order valence-corrected chi connectivity index (χ2v) is 3.08. The molecule has 0 amide bonds. The number of rotatable bonds is 2. The quantitative estimate of drug-likeness (QED) is 0.539. The topological polar surface area (TPSA) is 93.5 Å². The van der Waals surface area contributed by atoms with Crippen molar-refractivity contribution in [1.82, 2.24) is 19.7 Å². The lowest BCUT2D eigenvalue weighted by molar-refractivity contribution is 0.836. The first-order valence-corrected chi connectivity index (χ1v) is 4.35. The van der Waals surface area contributed by atoms with Crippen molar-refractivity contribution >= 4 is 5.84 Å². The molecule has 15 heavy (non-hydrogen) atoms. The second kappa shape index (κ2) is 3.49. The Labute approximate surface area is 86.3 Å². The fraction of sp³-hybridized carbons (Fsp3) is 0.111. The number of nitrogens with zero attached hydrogens (tertiary/aromatic N) is 4. The van der Waals surface area contributed by atoms with Crippen LogP contribution in [-0.4, -0.2) is 25.6 Å². The van der Waals surface area contributed by atoms with E-state index in [4.69, 9.17) is 11.1 Å². The molecule has 3 N–H and O–H groups in total. The molecule has 0 aliphatic heterocycles. The fourth-order valence-corrected chi connectivity index (χ4v) is 1.25. The lowest BCUT2D eigenvalue weighted by atomic mass is 10.2. The Morgan fingerprint density at radius 3 is 2.87 bits per heavy atom. The lowest BCUT2D eigenvalue weighted by Gasteiger charge is -2.06. The molecule has 0 radical (unpaired) electrons. The standard InChI is InChI=1S/C9H10N6/c1-6-2-3-7(8(10)11)9(14-6)15-5-12-4-13-15/h2-5H,1H3,(H3,10,11). The van der Waals surface area contributed by atoms with Crippen molar-refractivity contribution in [2.24, 2.45) is 5.73 Å². The molecule has 0 bridgehead atoms. The maximum absolute atomic E-state index is 7.43. The van der Waals surface area contributed by atoms with E-state index in [1.54, 1.807) is 12.1 Å². The van der Waals surface area contributed by atoms with Crippen LogP contribution in [0.2, 0.25) is 0 Å². The summed E-state index contributed by atoms with van der Waals surface area (Å²) in [5.41, 5.74) is 6.84. The Balaban J connectivity index is 2.63. The van der Waals surface area contributed by atoms with Crippen molar-refractivity contribution in [3.05, 3.63) is 36.0 Å². The van der Waals surface area contributed by atoms with Crippen LogP contribution in [0.25, 0.3) is 5.82 Å². The van der Waals surface area contributed by atoms with Crippen molar-refractivity contribution in [2.45, 2.75) is 6.92 Å². The van der Waals surface area contributed by atoms with Gasteiger partial charge in [-0.25, -0.2) is 14.6 Å². The van der Waals surface area contributed by atoms with Gasteiger partial charge in [-0.3, -0.25) is 5.41 Å². The van der Waals surface area contributed by atoms with Crippen molar-refractivity contribution in [2.75, 3.05) is 0 Å². The summed E-state index contributed by atoms with van der Waals surface area (Å²) in [6.45, 7) is 1.87. The average Bonchev–Trinajstić information content (AvgIpc) is 2.69. The molecule has 6 heteroatoms. The van der Waals surface area contributed by atoms with E-state index in [9.17, 15) is 0 Å². The number of nitrogen functional groups attached to an aromatic ring is 1. The minimum atomic E-state index is -0.0343. The summed E-state index contributed by atoms with van der Waals surface area (Å²) < 4.78 is 1.49. The smallest absolute Gasteiger partial charge is 0.166 e. The van der Waals surface area contributed by atoms with Gasteiger partial charge in [0.15, 0.2) is 5.82 Å². The number of pyridine rings is 1.